The van der Waals surface area contributed by atoms with Gasteiger partial charge >= 0.3 is 0 Å². The Hall–Kier alpha value is -4.91. The van der Waals surface area contributed by atoms with E-state index in [4.69, 9.17) is 14.2 Å². The summed E-state index contributed by atoms with van der Waals surface area (Å²) in [5.41, 5.74) is 8.91. The molecule has 61 heavy (non-hydrogen) atoms. The van der Waals surface area contributed by atoms with Crippen molar-refractivity contribution in [3.8, 4) is 34.4 Å². The van der Waals surface area contributed by atoms with Gasteiger partial charge in [-0.05, 0) is 105 Å². The van der Waals surface area contributed by atoms with Gasteiger partial charge in [0.25, 0.3) is 0 Å². The smallest absolute Gasteiger partial charge is 0.239 e. The number of hydrogen-bond acceptors (Lipinski definition) is 8. The quantitative estimate of drug-likeness (QED) is 0.142. The Bertz CT molecular complexity index is 1940. The maximum Gasteiger partial charge on any atom is 0.239 e. The Kier molecular flexibility index (Phi) is 24.5. The van der Waals surface area contributed by atoms with Gasteiger partial charge in [-0.2, -0.15) is 5.26 Å². The largest absolute Gasteiger partial charge is 0.493 e. The number of aryl methyl sites for hydroxylation is 1. The lowest BCUT2D eigenvalue weighted by Gasteiger charge is -2.29. The molecular weight excluding hydrogens is 759 g/mol. The van der Waals surface area contributed by atoms with Gasteiger partial charge in [-0.15, -0.1) is 0 Å². The summed E-state index contributed by atoms with van der Waals surface area (Å²) in [6.45, 7) is 27.7. The average molecular weight is 836 g/mol. The SMILES string of the molecule is CC.CC.CCC.CCC.Cc1cc(CNC2CCN(C)C2=O)c(OCc2cncc(C#N)c2)cc1OCc1cccc(-c2cccc(OCC3CCCN(C)C3)c2C)c1C. The van der Waals surface area contributed by atoms with Gasteiger partial charge in [0.1, 0.15) is 36.5 Å². The first kappa shape index (κ1) is 52.2. The first-order valence-corrected chi connectivity index (χ1v) is 22.7. The molecule has 2 atom stereocenters. The van der Waals surface area contributed by atoms with Gasteiger partial charge in [-0.3, -0.25) is 9.78 Å². The molecule has 2 unspecified atom stereocenters. The standard InChI is InChI=1S/C42H49N5O4.2C3H8.2C2H6/c1-28-17-35(23-45-38-14-16-47(5)42(38)48)41(50-26-33-18-32(20-43)21-44-22-33)19-40(28)51-27-34-10-6-11-36(29(34)2)37-12-7-13-39(30(37)3)49-25-31-9-8-15-46(4)24-31;2*1-3-2;2*1-2/h6-7,10-13,17-19,21-22,31,38,45H,8-9,14-16,23-27H2,1-5H3;2*3H2,1-2H3;2*1-2H3. The van der Waals surface area contributed by atoms with E-state index in [1.807, 2.05) is 47.7 Å². The first-order chi connectivity index (χ1) is 29.5. The van der Waals surface area contributed by atoms with E-state index in [1.54, 1.807) is 17.2 Å². The van der Waals surface area contributed by atoms with E-state index < -0.39 is 0 Å². The minimum absolute atomic E-state index is 0.105. The van der Waals surface area contributed by atoms with Crippen molar-refractivity contribution in [1.29, 1.82) is 5.26 Å². The van der Waals surface area contributed by atoms with Crippen LogP contribution >= 0.6 is 0 Å². The Balaban J connectivity index is 0.00000118. The molecule has 0 bridgehead atoms. The minimum atomic E-state index is -0.222. The molecule has 9 nitrogen and oxygen atoms in total. The Labute approximate surface area is 369 Å². The number of carbonyl (C=O) groups is 1. The zero-order chi connectivity index (χ0) is 45.3. The van der Waals surface area contributed by atoms with E-state index in [-0.39, 0.29) is 18.6 Å². The number of pyridine rings is 1. The summed E-state index contributed by atoms with van der Waals surface area (Å²) in [4.78, 5) is 20.9. The highest BCUT2D eigenvalue weighted by molar-refractivity contribution is 5.83. The molecule has 0 spiro atoms. The third kappa shape index (κ3) is 16.1. The Morgan fingerprint density at radius 2 is 1.43 bits per heavy atom. The molecule has 3 heterocycles. The molecular formula is C52H77N5O4. The lowest BCUT2D eigenvalue weighted by atomic mass is 9.93. The lowest BCUT2D eigenvalue weighted by molar-refractivity contribution is -0.128. The number of rotatable bonds is 13. The highest BCUT2D eigenvalue weighted by Crippen LogP contribution is 2.35. The van der Waals surface area contributed by atoms with Crippen molar-refractivity contribution in [3.05, 3.63) is 106 Å². The summed E-state index contributed by atoms with van der Waals surface area (Å²) in [7, 11) is 4.02. The van der Waals surface area contributed by atoms with E-state index in [9.17, 15) is 10.1 Å². The van der Waals surface area contributed by atoms with Crippen molar-refractivity contribution >= 4 is 5.91 Å². The summed E-state index contributed by atoms with van der Waals surface area (Å²) in [6, 6.07) is 20.4. The van der Waals surface area contributed by atoms with E-state index in [0.29, 0.717) is 30.4 Å². The number of benzene rings is 3. The van der Waals surface area contributed by atoms with Crippen LogP contribution in [-0.4, -0.2) is 67.1 Å². The van der Waals surface area contributed by atoms with Crippen molar-refractivity contribution in [2.75, 3.05) is 40.3 Å². The van der Waals surface area contributed by atoms with Gasteiger partial charge in [0, 0.05) is 62.2 Å². The molecule has 2 fully saturated rings. The number of ether oxygens (including phenoxy) is 3. The number of aromatic nitrogens is 1. The normalized spacial score (nSPS) is 15.6. The number of carbonyl (C=O) groups excluding carboxylic acids is 1. The maximum absolute atomic E-state index is 12.6. The number of likely N-dealkylation sites (N-methyl/N-ethyl adjacent to an activating group) is 1. The van der Waals surface area contributed by atoms with Crippen molar-refractivity contribution in [2.24, 2.45) is 5.92 Å². The second-order valence-electron chi connectivity index (χ2n) is 15.5. The molecule has 6 rings (SSSR count). The van der Waals surface area contributed by atoms with Gasteiger partial charge in [-0.1, -0.05) is 98.6 Å². The number of nitriles is 1. The van der Waals surface area contributed by atoms with E-state index in [2.05, 4.69) is 112 Å². The van der Waals surface area contributed by atoms with Crippen LogP contribution < -0.4 is 19.5 Å². The van der Waals surface area contributed by atoms with Crippen LogP contribution in [0.2, 0.25) is 0 Å². The van der Waals surface area contributed by atoms with Crippen molar-refractivity contribution in [1.82, 2.24) is 20.1 Å². The van der Waals surface area contributed by atoms with Crippen LogP contribution in [0.15, 0.2) is 67.0 Å². The molecule has 0 saturated carbocycles. The number of amides is 1. The molecule has 1 amide bonds. The second-order valence-corrected chi connectivity index (χ2v) is 15.5. The van der Waals surface area contributed by atoms with Gasteiger partial charge in [0.2, 0.25) is 5.91 Å². The molecule has 9 heteroatoms. The maximum atomic E-state index is 12.6. The highest BCUT2D eigenvalue weighted by Gasteiger charge is 2.28. The number of nitrogens with one attached hydrogen (secondary N) is 1. The van der Waals surface area contributed by atoms with Crippen LogP contribution in [0.4, 0.5) is 0 Å². The Morgan fingerprint density at radius 3 is 2.07 bits per heavy atom. The summed E-state index contributed by atoms with van der Waals surface area (Å²) in [5.74, 6) is 2.98. The van der Waals surface area contributed by atoms with Crippen LogP contribution in [0.25, 0.3) is 11.1 Å². The van der Waals surface area contributed by atoms with Crippen LogP contribution in [0, 0.1) is 38.0 Å². The molecule has 2 saturated heterocycles. The molecule has 2 aliphatic rings. The van der Waals surface area contributed by atoms with Crippen LogP contribution in [0.1, 0.15) is 126 Å². The highest BCUT2D eigenvalue weighted by atomic mass is 16.5. The zero-order valence-electron chi connectivity index (χ0n) is 39.9. The van der Waals surface area contributed by atoms with Crippen molar-refractivity contribution < 1.29 is 19.0 Å². The third-order valence-corrected chi connectivity index (χ3v) is 10.2. The molecule has 0 aliphatic carbocycles. The molecule has 3 aromatic carbocycles. The lowest BCUT2D eigenvalue weighted by Crippen LogP contribution is -2.36. The molecule has 1 N–H and O–H groups in total. The monoisotopic (exact) mass is 836 g/mol. The fourth-order valence-corrected chi connectivity index (χ4v) is 7.16. The molecule has 1 aromatic heterocycles. The fraction of sp³-hybridized carbons (Fsp3) is 0.519. The topological polar surface area (TPSA) is 100.0 Å². The predicted molar refractivity (Wildman–Crippen MR) is 253 cm³/mol. The molecule has 4 aromatic rings. The van der Waals surface area contributed by atoms with E-state index in [1.165, 1.54) is 49.6 Å². The number of likely N-dealkylation sites (tertiary alicyclic amines) is 2. The van der Waals surface area contributed by atoms with E-state index >= 15 is 0 Å². The first-order valence-electron chi connectivity index (χ1n) is 22.7. The van der Waals surface area contributed by atoms with Crippen LogP contribution in [-0.2, 0) is 24.6 Å². The second kappa shape index (κ2) is 28.6. The summed E-state index contributed by atoms with van der Waals surface area (Å²) >= 11 is 0. The molecule has 334 valence electrons. The number of piperidine rings is 1. The van der Waals surface area contributed by atoms with Crippen LogP contribution in [0.5, 0.6) is 17.2 Å². The predicted octanol–water partition coefficient (Wildman–Crippen LogP) is 11.6. The average Bonchev–Trinajstić information content (AvgIpc) is 3.59. The minimum Gasteiger partial charge on any atom is -0.493 e. The van der Waals surface area contributed by atoms with Gasteiger partial charge < -0.3 is 29.3 Å². The van der Waals surface area contributed by atoms with Crippen LogP contribution in [0.3, 0.4) is 0 Å². The fourth-order valence-electron chi connectivity index (χ4n) is 7.16. The summed E-state index contributed by atoms with van der Waals surface area (Å²) < 4.78 is 19.3. The van der Waals surface area contributed by atoms with Crippen molar-refractivity contribution in [3.63, 3.8) is 0 Å². The summed E-state index contributed by atoms with van der Waals surface area (Å²) in [6.07, 6.45) is 8.94. The van der Waals surface area contributed by atoms with Gasteiger partial charge in [0.15, 0.2) is 0 Å². The van der Waals surface area contributed by atoms with Crippen molar-refractivity contribution in [2.45, 2.75) is 134 Å². The summed E-state index contributed by atoms with van der Waals surface area (Å²) in [5, 5.41) is 12.8. The van der Waals surface area contributed by atoms with E-state index in [0.717, 1.165) is 71.0 Å². The van der Waals surface area contributed by atoms with Gasteiger partial charge in [0.05, 0.1) is 18.2 Å². The number of nitrogens with zero attached hydrogens (tertiary/aromatic N) is 4. The zero-order valence-corrected chi connectivity index (χ0v) is 39.9. The molecule has 2 aliphatic heterocycles. The molecule has 0 radical (unpaired) electrons. The number of hydrogen-bond donors (Lipinski definition) is 1. The Morgan fingerprint density at radius 1 is 0.770 bits per heavy atom. The van der Waals surface area contributed by atoms with Gasteiger partial charge in [-0.25, -0.2) is 0 Å². The third-order valence-electron chi connectivity index (χ3n) is 10.2.